The number of rotatable bonds is 7. The van der Waals surface area contributed by atoms with E-state index in [-0.39, 0.29) is 23.4 Å². The quantitative estimate of drug-likeness (QED) is 0.306. The number of carbonyl (C=O) groups is 1. The first-order valence-electron chi connectivity index (χ1n) is 11.0. The highest BCUT2D eigenvalue weighted by atomic mass is 32.2. The molecule has 0 aromatic heterocycles. The number of aliphatic hydroxyl groups is 1. The molecule has 3 N–H and O–H groups in total. The largest absolute Gasteiger partial charge is 0.493 e. The summed E-state index contributed by atoms with van der Waals surface area (Å²) in [6.45, 7) is 3.69. The third kappa shape index (κ3) is 6.04. The number of ether oxygens (including phenoxy) is 1. The molecule has 0 radical (unpaired) electrons. The third-order valence-corrected chi connectivity index (χ3v) is 7.31. The second-order valence-electron chi connectivity index (χ2n) is 8.64. The molecule has 1 aliphatic rings. The van der Waals surface area contributed by atoms with Gasteiger partial charge >= 0.3 is 16.2 Å². The normalized spacial score (nSPS) is 14.6. The van der Waals surface area contributed by atoms with Crippen LogP contribution in [0, 0.1) is 13.8 Å². The van der Waals surface area contributed by atoms with E-state index >= 15 is 0 Å². The Morgan fingerprint density at radius 3 is 2.41 bits per heavy atom. The summed E-state index contributed by atoms with van der Waals surface area (Å²) in [5.74, 6) is -1.36. The molecule has 12 heteroatoms. The number of esters is 1. The first-order chi connectivity index (χ1) is 17.3. The number of nitrogens with zero attached hydrogens (tertiary/aromatic N) is 1. The SMILES string of the molecule is Cc1cc(C)c(NS(C)(=O)=O)c(Cc2ccc(N3C=C(O)NS3(=O)=O)c(OC(=O)c3ccccc3)c2)c1. The third-order valence-electron chi connectivity index (χ3n) is 5.45. The van der Waals surface area contributed by atoms with E-state index in [9.17, 15) is 26.7 Å². The van der Waals surface area contributed by atoms with Gasteiger partial charge in [-0.2, -0.15) is 8.42 Å². The molecule has 3 aromatic carbocycles. The van der Waals surface area contributed by atoms with Crippen LogP contribution in [0.2, 0.25) is 0 Å². The number of benzene rings is 3. The summed E-state index contributed by atoms with van der Waals surface area (Å²) in [6.07, 6.45) is 2.28. The van der Waals surface area contributed by atoms with Crippen LogP contribution in [0.25, 0.3) is 0 Å². The monoisotopic (exact) mass is 543 g/mol. The van der Waals surface area contributed by atoms with Gasteiger partial charge < -0.3 is 9.84 Å². The second kappa shape index (κ2) is 9.79. The fourth-order valence-corrected chi connectivity index (χ4v) is 5.73. The van der Waals surface area contributed by atoms with Crippen molar-refractivity contribution < 1.29 is 31.5 Å². The van der Waals surface area contributed by atoms with Crippen LogP contribution in [0.4, 0.5) is 11.4 Å². The maximum absolute atomic E-state index is 12.8. The van der Waals surface area contributed by atoms with E-state index in [0.717, 1.165) is 27.9 Å². The molecule has 4 rings (SSSR count). The Morgan fingerprint density at radius 2 is 1.78 bits per heavy atom. The molecule has 10 nitrogen and oxygen atoms in total. The van der Waals surface area contributed by atoms with Crippen molar-refractivity contribution in [3.63, 3.8) is 0 Å². The van der Waals surface area contributed by atoms with Gasteiger partial charge in [-0.25, -0.2) is 22.2 Å². The Kier molecular flexibility index (Phi) is 6.89. The van der Waals surface area contributed by atoms with Crippen molar-refractivity contribution in [1.29, 1.82) is 0 Å². The van der Waals surface area contributed by atoms with Crippen LogP contribution >= 0.6 is 0 Å². The molecule has 0 spiro atoms. The number of anilines is 2. The van der Waals surface area contributed by atoms with Gasteiger partial charge in [-0.15, -0.1) is 0 Å². The Labute approximate surface area is 215 Å². The van der Waals surface area contributed by atoms with Gasteiger partial charge in [0.1, 0.15) is 5.69 Å². The minimum Gasteiger partial charge on any atom is -0.493 e. The molecular formula is C25H25N3O7S2. The number of aliphatic hydroxyl groups excluding tert-OH is 1. The van der Waals surface area contributed by atoms with Crippen LogP contribution in [0.3, 0.4) is 0 Å². The van der Waals surface area contributed by atoms with Crippen molar-refractivity contribution in [3.05, 3.63) is 101 Å². The number of hydrogen-bond donors (Lipinski definition) is 3. The van der Waals surface area contributed by atoms with Crippen LogP contribution < -0.4 is 18.5 Å². The average Bonchev–Trinajstić information content (AvgIpc) is 3.08. The number of aryl methyl sites for hydroxylation is 2. The van der Waals surface area contributed by atoms with Gasteiger partial charge in [0, 0.05) is 0 Å². The molecule has 0 atom stereocenters. The first kappa shape index (κ1) is 26.0. The van der Waals surface area contributed by atoms with E-state index in [1.165, 1.54) is 12.1 Å². The molecule has 3 aromatic rings. The average molecular weight is 544 g/mol. The Bertz CT molecular complexity index is 1620. The van der Waals surface area contributed by atoms with Gasteiger partial charge in [-0.1, -0.05) is 42.0 Å². The van der Waals surface area contributed by atoms with Crippen LogP contribution in [0.5, 0.6) is 5.75 Å². The molecule has 0 aliphatic carbocycles. The zero-order chi connectivity index (χ0) is 27.0. The standard InChI is InChI=1S/C25H25N3O7S2/c1-16-11-17(2)24(27-36(3,31)32)20(12-16)13-18-9-10-21(28-15-23(29)26-37(28,33)34)22(14-18)35-25(30)19-7-5-4-6-8-19/h4-12,14-15,26-27,29H,13H2,1-3H3. The molecule has 1 aliphatic heterocycles. The summed E-state index contributed by atoms with van der Waals surface area (Å²) >= 11 is 0. The highest BCUT2D eigenvalue weighted by Crippen LogP contribution is 2.36. The highest BCUT2D eigenvalue weighted by Gasteiger charge is 2.31. The summed E-state index contributed by atoms with van der Waals surface area (Å²) < 4.78 is 59.9. The lowest BCUT2D eigenvalue weighted by Gasteiger charge is -2.19. The smallest absolute Gasteiger partial charge is 0.343 e. The molecule has 0 amide bonds. The summed E-state index contributed by atoms with van der Waals surface area (Å²) in [7, 11) is -7.70. The van der Waals surface area contributed by atoms with Crippen LogP contribution in [-0.2, 0) is 26.7 Å². The predicted octanol–water partition coefficient (Wildman–Crippen LogP) is 3.50. The minimum atomic E-state index is -4.15. The summed E-state index contributed by atoms with van der Waals surface area (Å²) in [6, 6.07) is 16.5. The molecule has 0 saturated carbocycles. The molecule has 0 saturated heterocycles. The summed E-state index contributed by atoms with van der Waals surface area (Å²) in [5.41, 5.74) is 3.67. The van der Waals surface area contributed by atoms with Gasteiger partial charge in [-0.3, -0.25) is 4.72 Å². The first-order valence-corrected chi connectivity index (χ1v) is 14.4. The van der Waals surface area contributed by atoms with Gasteiger partial charge in [0.2, 0.25) is 15.9 Å². The zero-order valence-electron chi connectivity index (χ0n) is 20.2. The number of carbonyl (C=O) groups excluding carboxylic acids is 1. The predicted molar refractivity (Wildman–Crippen MR) is 140 cm³/mol. The molecule has 37 heavy (non-hydrogen) atoms. The maximum atomic E-state index is 12.8. The van der Waals surface area contributed by atoms with E-state index in [0.29, 0.717) is 16.8 Å². The molecule has 194 valence electrons. The van der Waals surface area contributed by atoms with Crippen LogP contribution in [0.15, 0.2) is 72.7 Å². The lowest BCUT2D eigenvalue weighted by molar-refractivity contribution is 0.0735. The van der Waals surface area contributed by atoms with Crippen molar-refractivity contribution >= 4 is 37.6 Å². The second-order valence-corrected chi connectivity index (χ2v) is 11.9. The molecule has 0 bridgehead atoms. The van der Waals surface area contributed by atoms with Crippen molar-refractivity contribution in [1.82, 2.24) is 4.72 Å². The summed E-state index contributed by atoms with van der Waals surface area (Å²) in [5, 5.41) is 9.74. The summed E-state index contributed by atoms with van der Waals surface area (Å²) in [4.78, 5) is 12.8. The van der Waals surface area contributed by atoms with E-state index in [4.69, 9.17) is 4.74 Å². The Hall–Kier alpha value is -4.03. The van der Waals surface area contributed by atoms with E-state index in [2.05, 4.69) is 4.72 Å². The van der Waals surface area contributed by atoms with E-state index in [1.54, 1.807) is 43.3 Å². The fraction of sp³-hybridized carbons (Fsp3) is 0.160. The zero-order valence-corrected chi connectivity index (χ0v) is 21.9. The van der Waals surface area contributed by atoms with E-state index in [1.807, 2.05) is 23.8 Å². The highest BCUT2D eigenvalue weighted by molar-refractivity contribution is 7.92. The van der Waals surface area contributed by atoms with Crippen molar-refractivity contribution in [2.24, 2.45) is 0 Å². The van der Waals surface area contributed by atoms with Crippen molar-refractivity contribution in [2.45, 2.75) is 20.3 Å². The topological polar surface area (TPSA) is 142 Å². The number of hydrogen-bond acceptors (Lipinski definition) is 7. The minimum absolute atomic E-state index is 0.000474. The van der Waals surface area contributed by atoms with Gasteiger partial charge in [0.25, 0.3) is 0 Å². The van der Waals surface area contributed by atoms with Gasteiger partial charge in [0.15, 0.2) is 5.75 Å². The molecule has 1 heterocycles. The molecule has 0 fully saturated rings. The lowest BCUT2D eigenvalue weighted by atomic mass is 9.98. The Balaban J connectivity index is 1.78. The Morgan fingerprint density at radius 1 is 1.08 bits per heavy atom. The maximum Gasteiger partial charge on any atom is 0.343 e. The van der Waals surface area contributed by atoms with Crippen LogP contribution in [0.1, 0.15) is 32.6 Å². The lowest BCUT2D eigenvalue weighted by Crippen LogP contribution is -2.30. The van der Waals surface area contributed by atoms with Crippen molar-refractivity contribution in [3.8, 4) is 5.75 Å². The molecular weight excluding hydrogens is 518 g/mol. The fourth-order valence-electron chi connectivity index (χ4n) is 4.00. The molecule has 0 unspecified atom stereocenters. The number of sulfonamides is 1. The van der Waals surface area contributed by atoms with Gasteiger partial charge in [0.05, 0.1) is 23.7 Å². The van der Waals surface area contributed by atoms with Gasteiger partial charge in [-0.05, 0) is 61.2 Å². The van der Waals surface area contributed by atoms with Crippen molar-refractivity contribution in [2.75, 3.05) is 15.3 Å². The van der Waals surface area contributed by atoms with Crippen LogP contribution in [-0.4, -0.2) is 34.2 Å². The number of nitrogens with one attached hydrogen (secondary N) is 2. The van der Waals surface area contributed by atoms with E-state index < -0.39 is 32.1 Å².